The highest BCUT2D eigenvalue weighted by molar-refractivity contribution is 4.71. The largest absolute Gasteiger partial charge is 0.315 e. The van der Waals surface area contributed by atoms with Crippen molar-refractivity contribution in [3.63, 3.8) is 0 Å². The number of hydrogen-bond acceptors (Lipinski definition) is 3. The quantitative estimate of drug-likeness (QED) is 0.625. The van der Waals surface area contributed by atoms with Crippen LogP contribution in [0, 0.1) is 0 Å². The molecule has 0 aromatic heterocycles. The maximum Gasteiger partial charge on any atom is 0.0218 e. The van der Waals surface area contributed by atoms with Crippen LogP contribution in [0.2, 0.25) is 0 Å². The van der Waals surface area contributed by atoms with Crippen LogP contribution in [-0.4, -0.2) is 63.2 Å². The fraction of sp³-hybridized carbons (Fsp3) is 1.00. The van der Waals surface area contributed by atoms with Crippen LogP contribution in [0.3, 0.4) is 0 Å². The molecule has 0 fully saturated rings. The molecule has 0 saturated carbocycles. The number of rotatable bonds is 9. The molecule has 15 heavy (non-hydrogen) atoms. The topological polar surface area (TPSA) is 18.5 Å². The van der Waals surface area contributed by atoms with Crippen LogP contribution < -0.4 is 5.32 Å². The normalized spacial score (nSPS) is 13.8. The second-order valence-corrected chi connectivity index (χ2v) is 4.53. The van der Waals surface area contributed by atoms with E-state index < -0.39 is 0 Å². The van der Waals surface area contributed by atoms with Gasteiger partial charge in [-0.1, -0.05) is 20.3 Å². The van der Waals surface area contributed by atoms with Crippen LogP contribution >= 0.6 is 0 Å². The monoisotopic (exact) mass is 215 g/mol. The van der Waals surface area contributed by atoms with Gasteiger partial charge in [0.05, 0.1) is 0 Å². The van der Waals surface area contributed by atoms with Gasteiger partial charge in [0.2, 0.25) is 0 Å². The third kappa shape index (κ3) is 7.77. The first-order valence-electron chi connectivity index (χ1n) is 6.17. The third-order valence-electron chi connectivity index (χ3n) is 2.78. The van der Waals surface area contributed by atoms with Gasteiger partial charge in [-0.15, -0.1) is 0 Å². The average Bonchev–Trinajstić information content (AvgIpc) is 2.20. The lowest BCUT2D eigenvalue weighted by atomic mass is 10.1. The van der Waals surface area contributed by atoms with Gasteiger partial charge in [-0.2, -0.15) is 0 Å². The Morgan fingerprint density at radius 2 is 1.73 bits per heavy atom. The predicted octanol–water partition coefficient (Wildman–Crippen LogP) is 1.26. The Hall–Kier alpha value is -0.120. The van der Waals surface area contributed by atoms with Crippen LogP contribution in [-0.2, 0) is 0 Å². The van der Waals surface area contributed by atoms with Crippen molar-refractivity contribution < 1.29 is 0 Å². The summed E-state index contributed by atoms with van der Waals surface area (Å²) in [5.74, 6) is 0. The molecule has 0 heterocycles. The molecule has 3 nitrogen and oxygen atoms in total. The Morgan fingerprint density at radius 1 is 1.07 bits per heavy atom. The van der Waals surface area contributed by atoms with Crippen molar-refractivity contribution in [3.8, 4) is 0 Å². The van der Waals surface area contributed by atoms with E-state index in [1.807, 2.05) is 0 Å². The maximum atomic E-state index is 3.45. The standard InChI is InChI=1S/C12H29N3/c1-6-8-12(11-13-7-2)15(5)10-9-14(3)4/h12-13H,6-11H2,1-5H3. The molecule has 0 amide bonds. The van der Waals surface area contributed by atoms with E-state index in [-0.39, 0.29) is 0 Å². The second-order valence-electron chi connectivity index (χ2n) is 4.53. The number of hydrogen-bond donors (Lipinski definition) is 1. The van der Waals surface area contributed by atoms with Crippen molar-refractivity contribution in [1.82, 2.24) is 15.1 Å². The van der Waals surface area contributed by atoms with Gasteiger partial charge in [0.25, 0.3) is 0 Å². The highest BCUT2D eigenvalue weighted by Crippen LogP contribution is 2.03. The first-order valence-corrected chi connectivity index (χ1v) is 6.17. The summed E-state index contributed by atoms with van der Waals surface area (Å²) in [6.07, 6.45) is 2.55. The summed E-state index contributed by atoms with van der Waals surface area (Å²) in [6.45, 7) is 8.92. The van der Waals surface area contributed by atoms with Gasteiger partial charge in [0, 0.05) is 25.7 Å². The second kappa shape index (κ2) is 9.13. The predicted molar refractivity (Wildman–Crippen MR) is 68.4 cm³/mol. The molecule has 0 rings (SSSR count). The smallest absolute Gasteiger partial charge is 0.0218 e. The van der Waals surface area contributed by atoms with Crippen LogP contribution in [0.4, 0.5) is 0 Å². The van der Waals surface area contributed by atoms with Crippen molar-refractivity contribution in [2.45, 2.75) is 32.7 Å². The molecule has 0 aliphatic carbocycles. The van der Waals surface area contributed by atoms with Gasteiger partial charge in [-0.25, -0.2) is 0 Å². The zero-order valence-electron chi connectivity index (χ0n) is 11.2. The lowest BCUT2D eigenvalue weighted by Crippen LogP contribution is -2.42. The van der Waals surface area contributed by atoms with E-state index in [2.05, 4.69) is 50.1 Å². The number of likely N-dealkylation sites (N-methyl/N-ethyl adjacent to an activating group) is 3. The molecule has 0 radical (unpaired) electrons. The summed E-state index contributed by atoms with van der Waals surface area (Å²) in [5, 5.41) is 3.45. The minimum atomic E-state index is 0.690. The Balaban J connectivity index is 3.86. The minimum absolute atomic E-state index is 0.690. The van der Waals surface area contributed by atoms with Gasteiger partial charge in [0.1, 0.15) is 0 Å². The molecular formula is C12H29N3. The summed E-state index contributed by atoms with van der Waals surface area (Å²) in [6, 6.07) is 0.690. The molecule has 0 aliphatic heterocycles. The van der Waals surface area contributed by atoms with E-state index in [0.717, 1.165) is 26.2 Å². The van der Waals surface area contributed by atoms with Crippen molar-refractivity contribution in [3.05, 3.63) is 0 Å². The van der Waals surface area contributed by atoms with Gasteiger partial charge in [-0.05, 0) is 34.1 Å². The number of nitrogens with zero attached hydrogens (tertiary/aromatic N) is 2. The molecule has 92 valence electrons. The molecule has 1 N–H and O–H groups in total. The molecule has 3 heteroatoms. The minimum Gasteiger partial charge on any atom is -0.315 e. The molecule has 0 aliphatic rings. The first-order chi connectivity index (χ1) is 7.11. The molecule has 0 bridgehead atoms. The molecule has 1 atom stereocenters. The fourth-order valence-electron chi connectivity index (χ4n) is 1.66. The summed E-state index contributed by atoms with van der Waals surface area (Å²) < 4.78 is 0. The van der Waals surface area contributed by atoms with E-state index in [0.29, 0.717) is 6.04 Å². The van der Waals surface area contributed by atoms with Crippen LogP contribution in [0.1, 0.15) is 26.7 Å². The molecule has 0 aromatic rings. The van der Waals surface area contributed by atoms with Gasteiger partial charge >= 0.3 is 0 Å². The number of nitrogens with one attached hydrogen (secondary N) is 1. The summed E-state index contributed by atoms with van der Waals surface area (Å²) in [7, 11) is 6.50. The van der Waals surface area contributed by atoms with Crippen LogP contribution in [0.25, 0.3) is 0 Å². The van der Waals surface area contributed by atoms with E-state index in [1.54, 1.807) is 0 Å². The van der Waals surface area contributed by atoms with Crippen LogP contribution in [0.15, 0.2) is 0 Å². The van der Waals surface area contributed by atoms with Crippen molar-refractivity contribution in [1.29, 1.82) is 0 Å². The van der Waals surface area contributed by atoms with Gasteiger partial charge in [0.15, 0.2) is 0 Å². The highest BCUT2D eigenvalue weighted by atomic mass is 15.2. The fourth-order valence-corrected chi connectivity index (χ4v) is 1.66. The zero-order valence-corrected chi connectivity index (χ0v) is 11.2. The molecule has 1 unspecified atom stereocenters. The zero-order chi connectivity index (χ0) is 11.7. The summed E-state index contributed by atoms with van der Waals surface area (Å²) >= 11 is 0. The van der Waals surface area contributed by atoms with E-state index in [1.165, 1.54) is 12.8 Å². The van der Waals surface area contributed by atoms with Crippen LogP contribution in [0.5, 0.6) is 0 Å². The summed E-state index contributed by atoms with van der Waals surface area (Å²) in [5.41, 5.74) is 0. The SMILES string of the molecule is CCCC(CNCC)N(C)CCN(C)C. The lowest BCUT2D eigenvalue weighted by molar-refractivity contribution is 0.203. The van der Waals surface area contributed by atoms with Gasteiger partial charge < -0.3 is 15.1 Å². The van der Waals surface area contributed by atoms with E-state index in [9.17, 15) is 0 Å². The molecule has 0 saturated heterocycles. The van der Waals surface area contributed by atoms with Crippen molar-refractivity contribution >= 4 is 0 Å². The van der Waals surface area contributed by atoms with E-state index >= 15 is 0 Å². The highest BCUT2D eigenvalue weighted by Gasteiger charge is 2.12. The van der Waals surface area contributed by atoms with Crippen molar-refractivity contribution in [2.24, 2.45) is 0 Å². The lowest BCUT2D eigenvalue weighted by Gasteiger charge is -2.29. The average molecular weight is 215 g/mol. The summed E-state index contributed by atoms with van der Waals surface area (Å²) in [4.78, 5) is 4.72. The Kier molecular flexibility index (Phi) is 9.06. The molecular weight excluding hydrogens is 186 g/mol. The first kappa shape index (κ1) is 14.9. The maximum absolute atomic E-state index is 3.45. The van der Waals surface area contributed by atoms with Gasteiger partial charge in [-0.3, -0.25) is 0 Å². The van der Waals surface area contributed by atoms with Crippen molar-refractivity contribution in [2.75, 3.05) is 47.3 Å². The molecule has 0 aromatic carbocycles. The Bertz CT molecular complexity index is 137. The Morgan fingerprint density at radius 3 is 2.20 bits per heavy atom. The third-order valence-corrected chi connectivity index (χ3v) is 2.78. The molecule has 0 spiro atoms. The Labute approximate surface area is 95.8 Å². The van der Waals surface area contributed by atoms with E-state index in [4.69, 9.17) is 0 Å².